The van der Waals surface area contributed by atoms with Crippen molar-refractivity contribution < 1.29 is 14.3 Å². The maximum atomic E-state index is 12.8. The van der Waals surface area contributed by atoms with E-state index in [2.05, 4.69) is 49.4 Å². The number of amides is 1. The average molecular weight is 403 g/mol. The van der Waals surface area contributed by atoms with Crippen molar-refractivity contribution >= 4 is 24.5 Å². The summed E-state index contributed by atoms with van der Waals surface area (Å²) in [6.07, 6.45) is 2.44. The zero-order valence-corrected chi connectivity index (χ0v) is 18.1. The van der Waals surface area contributed by atoms with Crippen LogP contribution in [0.1, 0.15) is 47.0 Å². The molecule has 1 amide bonds. The van der Waals surface area contributed by atoms with Gasteiger partial charge in [0, 0.05) is 37.3 Å². The Kier molecular flexibility index (Phi) is 11.3. The van der Waals surface area contributed by atoms with Crippen LogP contribution in [0.5, 0.6) is 0 Å². The van der Waals surface area contributed by atoms with E-state index in [0.29, 0.717) is 37.8 Å². The summed E-state index contributed by atoms with van der Waals surface area (Å²) < 4.78 is 4.94. The number of nitrogens with one attached hydrogen (secondary N) is 3. The van der Waals surface area contributed by atoms with Gasteiger partial charge in [0.05, 0.1) is 12.6 Å². The minimum absolute atomic E-state index is 0.00179. The molecule has 0 aliphatic carbocycles. The molecular weight excluding hydrogens is 364 g/mol. The molecule has 7 nitrogen and oxygen atoms in total. The molecule has 5 N–H and O–H groups in total. The predicted molar refractivity (Wildman–Crippen MR) is 112 cm³/mol. The number of rotatable bonds is 13. The van der Waals surface area contributed by atoms with Gasteiger partial charge in [0.1, 0.15) is 6.04 Å². The first-order chi connectivity index (χ1) is 12.8. The van der Waals surface area contributed by atoms with E-state index >= 15 is 0 Å². The minimum atomic E-state index is -0.525. The highest BCUT2D eigenvalue weighted by atomic mass is 32.1. The Hall–Kier alpha value is -0.830. The molecule has 1 saturated heterocycles. The number of esters is 1. The first-order valence-corrected chi connectivity index (χ1v) is 10.8. The molecule has 1 aliphatic rings. The van der Waals surface area contributed by atoms with Crippen molar-refractivity contribution in [3.8, 4) is 0 Å². The minimum Gasteiger partial charge on any atom is -0.464 e. The van der Waals surface area contributed by atoms with Gasteiger partial charge in [0.25, 0.3) is 0 Å². The van der Waals surface area contributed by atoms with Crippen molar-refractivity contribution in [3.63, 3.8) is 0 Å². The van der Waals surface area contributed by atoms with E-state index in [4.69, 9.17) is 10.5 Å². The van der Waals surface area contributed by atoms with Crippen LogP contribution in [-0.2, 0) is 14.3 Å². The zero-order valence-electron chi connectivity index (χ0n) is 17.2. The largest absolute Gasteiger partial charge is 0.464 e. The molecule has 158 valence electrons. The lowest BCUT2D eigenvalue weighted by molar-refractivity contribution is -0.141. The van der Waals surface area contributed by atoms with E-state index in [9.17, 15) is 9.59 Å². The van der Waals surface area contributed by atoms with E-state index in [1.165, 1.54) is 0 Å². The molecule has 0 aromatic heterocycles. The van der Waals surface area contributed by atoms with Gasteiger partial charge < -0.3 is 26.4 Å². The number of thiol groups is 1. The second kappa shape index (κ2) is 12.6. The molecule has 6 atom stereocenters. The molecule has 0 unspecified atom stereocenters. The van der Waals surface area contributed by atoms with E-state index in [1.807, 2.05) is 6.92 Å². The van der Waals surface area contributed by atoms with Crippen LogP contribution < -0.4 is 21.7 Å². The topological polar surface area (TPSA) is 105 Å². The Morgan fingerprint density at radius 3 is 2.41 bits per heavy atom. The van der Waals surface area contributed by atoms with Crippen LogP contribution in [0, 0.1) is 11.8 Å². The van der Waals surface area contributed by atoms with Crippen molar-refractivity contribution in [1.29, 1.82) is 0 Å². The fourth-order valence-electron chi connectivity index (χ4n) is 3.06. The summed E-state index contributed by atoms with van der Waals surface area (Å²) in [5, 5.41) is 9.78. The average Bonchev–Trinajstić information content (AvgIpc) is 3.07. The fraction of sp³-hybridized carbons (Fsp3) is 0.895. The SMILES string of the molecule is CC[C@H](C)[C@H](NC[C@@H](NC[C@@H](N)CS)[C@@H](C)CC)C(=O)N[C@H]1CCOC1=O. The third-order valence-electron chi connectivity index (χ3n) is 5.51. The molecule has 27 heavy (non-hydrogen) atoms. The number of nitrogens with two attached hydrogens (primary N) is 1. The van der Waals surface area contributed by atoms with Gasteiger partial charge in [0.2, 0.25) is 5.91 Å². The summed E-state index contributed by atoms with van der Waals surface area (Å²) in [6, 6.07) is -0.670. The Balaban J connectivity index is 2.69. The van der Waals surface area contributed by atoms with Gasteiger partial charge in [-0.15, -0.1) is 0 Å². The van der Waals surface area contributed by atoms with Gasteiger partial charge in [-0.25, -0.2) is 4.79 Å². The summed E-state index contributed by atoms with van der Waals surface area (Å²) in [7, 11) is 0. The lowest BCUT2D eigenvalue weighted by atomic mass is 9.95. The number of hydrogen-bond donors (Lipinski definition) is 5. The predicted octanol–water partition coefficient (Wildman–Crippen LogP) is 0.684. The molecule has 0 saturated carbocycles. The van der Waals surface area contributed by atoms with Gasteiger partial charge in [0.15, 0.2) is 0 Å². The van der Waals surface area contributed by atoms with Crippen molar-refractivity contribution in [3.05, 3.63) is 0 Å². The Morgan fingerprint density at radius 1 is 1.22 bits per heavy atom. The summed E-state index contributed by atoms with van der Waals surface area (Å²) >= 11 is 4.24. The molecule has 0 radical (unpaired) electrons. The quantitative estimate of drug-likeness (QED) is 0.229. The van der Waals surface area contributed by atoms with Crippen LogP contribution in [0.25, 0.3) is 0 Å². The second-order valence-corrected chi connectivity index (χ2v) is 8.00. The number of cyclic esters (lactones) is 1. The van der Waals surface area contributed by atoms with Crippen LogP contribution in [-0.4, -0.2) is 61.5 Å². The van der Waals surface area contributed by atoms with Crippen LogP contribution in [0.2, 0.25) is 0 Å². The number of ether oxygens (including phenoxy) is 1. The molecule has 0 bridgehead atoms. The Bertz CT molecular complexity index is 466. The monoisotopic (exact) mass is 402 g/mol. The van der Waals surface area contributed by atoms with Gasteiger partial charge in [-0.05, 0) is 11.8 Å². The summed E-state index contributed by atoms with van der Waals surface area (Å²) in [5.41, 5.74) is 5.97. The molecule has 0 aromatic carbocycles. The smallest absolute Gasteiger partial charge is 0.328 e. The van der Waals surface area contributed by atoms with E-state index in [-0.39, 0.29) is 35.9 Å². The Morgan fingerprint density at radius 2 is 1.89 bits per heavy atom. The van der Waals surface area contributed by atoms with Gasteiger partial charge in [-0.2, -0.15) is 12.6 Å². The zero-order chi connectivity index (χ0) is 20.4. The van der Waals surface area contributed by atoms with Crippen LogP contribution >= 0.6 is 12.6 Å². The van der Waals surface area contributed by atoms with E-state index < -0.39 is 6.04 Å². The highest BCUT2D eigenvalue weighted by Crippen LogP contribution is 2.13. The standard InChI is InChI=1S/C19H38N4O3S/c1-5-12(3)16(21-9-14(20)11-27)10-22-17(13(4)6-2)18(24)23-15-7-8-26-19(15)25/h12-17,21-22,27H,5-11,20H2,1-4H3,(H,23,24)/t12-,13-,14+,15-,16+,17-/m0/s1. The van der Waals surface area contributed by atoms with Crippen molar-refractivity contribution in [2.24, 2.45) is 17.6 Å². The first-order valence-electron chi connectivity index (χ1n) is 10.1. The number of carbonyl (C=O) groups excluding carboxylic acids is 2. The number of hydrogen-bond acceptors (Lipinski definition) is 7. The van der Waals surface area contributed by atoms with E-state index in [1.54, 1.807) is 0 Å². The van der Waals surface area contributed by atoms with Gasteiger partial charge in [-0.3, -0.25) is 4.79 Å². The summed E-state index contributed by atoms with van der Waals surface area (Å²) in [6.45, 7) is 10.2. The van der Waals surface area contributed by atoms with E-state index in [0.717, 1.165) is 12.8 Å². The molecule has 8 heteroatoms. The Labute approximate surface area is 169 Å². The fourth-order valence-corrected chi connectivity index (χ4v) is 3.19. The number of carbonyl (C=O) groups is 2. The molecule has 1 rings (SSSR count). The van der Waals surface area contributed by atoms with Gasteiger partial charge >= 0.3 is 5.97 Å². The maximum Gasteiger partial charge on any atom is 0.328 e. The highest BCUT2D eigenvalue weighted by molar-refractivity contribution is 7.80. The maximum absolute atomic E-state index is 12.8. The normalized spacial score (nSPS) is 22.6. The molecule has 1 aliphatic heterocycles. The van der Waals surface area contributed by atoms with Crippen LogP contribution in [0.3, 0.4) is 0 Å². The van der Waals surface area contributed by atoms with Crippen molar-refractivity contribution in [1.82, 2.24) is 16.0 Å². The summed E-state index contributed by atoms with van der Waals surface area (Å²) in [5.74, 6) is 0.743. The third kappa shape index (κ3) is 7.97. The molecule has 0 aromatic rings. The lowest BCUT2D eigenvalue weighted by Crippen LogP contribution is -2.56. The summed E-state index contributed by atoms with van der Waals surface area (Å²) in [4.78, 5) is 24.4. The van der Waals surface area contributed by atoms with Crippen molar-refractivity contribution in [2.45, 2.75) is 71.1 Å². The lowest BCUT2D eigenvalue weighted by Gasteiger charge is -2.30. The molecular formula is C19H38N4O3S. The van der Waals surface area contributed by atoms with Crippen molar-refractivity contribution in [2.75, 3.05) is 25.4 Å². The molecule has 1 fully saturated rings. The van der Waals surface area contributed by atoms with Crippen LogP contribution in [0.15, 0.2) is 0 Å². The van der Waals surface area contributed by atoms with Crippen LogP contribution in [0.4, 0.5) is 0 Å². The third-order valence-corrected chi connectivity index (χ3v) is 5.98. The molecule has 1 heterocycles. The first kappa shape index (κ1) is 24.2. The second-order valence-electron chi connectivity index (χ2n) is 7.63. The highest BCUT2D eigenvalue weighted by Gasteiger charge is 2.32. The van der Waals surface area contributed by atoms with Gasteiger partial charge in [-0.1, -0.05) is 40.5 Å². The molecule has 0 spiro atoms.